The zero-order valence-corrected chi connectivity index (χ0v) is 24.1. The molecule has 2 bridgehead atoms. The van der Waals surface area contributed by atoms with E-state index < -0.39 is 41.9 Å². The summed E-state index contributed by atoms with van der Waals surface area (Å²) < 4.78 is 0. The van der Waals surface area contributed by atoms with Crippen LogP contribution in [-0.4, -0.2) is 49.7 Å². The third-order valence-electron chi connectivity index (χ3n) is 7.72. The fraction of sp³-hybridized carbons (Fsp3) is 0.385. The number of imide groups is 1. The van der Waals surface area contributed by atoms with Crippen LogP contribution in [0, 0.1) is 37.5 Å². The van der Waals surface area contributed by atoms with E-state index in [4.69, 9.17) is 23.2 Å². The number of ketones is 1. The van der Waals surface area contributed by atoms with Crippen LogP contribution in [0.1, 0.15) is 38.3 Å². The fourth-order valence-corrected chi connectivity index (χ4v) is 8.11. The highest BCUT2D eigenvalue weighted by atomic mass is 79.9. The van der Waals surface area contributed by atoms with Crippen LogP contribution in [0.5, 0.6) is 0 Å². The van der Waals surface area contributed by atoms with Crippen LogP contribution in [0.25, 0.3) is 0 Å². The molecule has 10 heteroatoms. The largest absolute Gasteiger partial charge is 0.292 e. The first-order valence-corrected chi connectivity index (χ1v) is 14.1. The zero-order valence-electron chi connectivity index (χ0n) is 19.4. The van der Waals surface area contributed by atoms with Crippen molar-refractivity contribution < 1.29 is 19.2 Å². The van der Waals surface area contributed by atoms with Gasteiger partial charge in [0.15, 0.2) is 5.78 Å². The van der Waals surface area contributed by atoms with Gasteiger partial charge < -0.3 is 0 Å². The van der Waals surface area contributed by atoms with Gasteiger partial charge in [0.2, 0.25) is 0 Å². The second-order valence-corrected chi connectivity index (χ2v) is 12.7. The van der Waals surface area contributed by atoms with Gasteiger partial charge in [-0.15, -0.1) is 0 Å². The van der Waals surface area contributed by atoms with Gasteiger partial charge in [-0.3, -0.25) is 19.2 Å². The first-order valence-electron chi connectivity index (χ1n) is 11.5. The van der Waals surface area contributed by atoms with Gasteiger partial charge in [0.1, 0.15) is 6.54 Å². The lowest BCUT2D eigenvalue weighted by atomic mass is 9.81. The predicted molar refractivity (Wildman–Crippen MR) is 144 cm³/mol. The van der Waals surface area contributed by atoms with Crippen molar-refractivity contribution in [2.24, 2.45) is 23.7 Å². The van der Waals surface area contributed by atoms with Crippen molar-refractivity contribution in [3.8, 4) is 0 Å². The minimum Gasteiger partial charge on any atom is -0.292 e. The fourth-order valence-electron chi connectivity index (χ4n) is 5.75. The molecule has 2 saturated carbocycles. The van der Waals surface area contributed by atoms with E-state index in [1.165, 1.54) is 18.2 Å². The van der Waals surface area contributed by atoms with Gasteiger partial charge in [-0.1, -0.05) is 67.2 Å². The zero-order chi connectivity index (χ0) is 26.0. The topological polar surface area (TPSA) is 74.8 Å². The summed E-state index contributed by atoms with van der Waals surface area (Å²) in [5, 5.41) is 2.25. The van der Waals surface area contributed by atoms with Crippen molar-refractivity contribution in [3.05, 3.63) is 68.7 Å². The molecular weight excluding hydrogens is 635 g/mol. The smallest absolute Gasteiger partial charge is 0.274 e. The third kappa shape index (κ3) is 4.05. The van der Waals surface area contributed by atoms with Crippen LogP contribution < -0.4 is 0 Å². The highest BCUT2D eigenvalue weighted by Gasteiger charge is 2.67. The molecule has 0 unspecified atom stereocenters. The summed E-state index contributed by atoms with van der Waals surface area (Å²) in [6.07, 6.45) is 0.755. The lowest BCUT2D eigenvalue weighted by Gasteiger charge is -2.31. The standard InChI is InChI=1S/C26H22Br2Cl2N2O4/c1-11-3-4-13(7-12(11)2)19(33)10-31(24(34)15-6-5-14(29)8-18(15)30)32-25(35)20-16-9-17(21(20)26(32)36)23(28)22(16)27/h3-8,16-17,20-23H,9-10H2,1-2H3/t16-,17-,20-,21-,22+,23+/m1/s1. The Hall–Kier alpha value is -1.74. The van der Waals surface area contributed by atoms with Gasteiger partial charge >= 0.3 is 0 Å². The molecule has 1 aliphatic heterocycles. The van der Waals surface area contributed by atoms with E-state index in [9.17, 15) is 19.2 Å². The molecule has 6 nitrogen and oxygen atoms in total. The number of amides is 3. The van der Waals surface area contributed by atoms with Crippen LogP contribution in [0.15, 0.2) is 36.4 Å². The number of carbonyl (C=O) groups excluding carboxylic acids is 4. The Morgan fingerprint density at radius 3 is 2.11 bits per heavy atom. The molecule has 0 spiro atoms. The first kappa shape index (κ1) is 25.9. The van der Waals surface area contributed by atoms with Crippen LogP contribution >= 0.6 is 55.1 Å². The summed E-state index contributed by atoms with van der Waals surface area (Å²) in [4.78, 5) is 54.6. The van der Waals surface area contributed by atoms with Gasteiger partial charge in [0.05, 0.1) is 22.4 Å². The Bertz CT molecular complexity index is 1290. The van der Waals surface area contributed by atoms with E-state index >= 15 is 0 Å². The van der Waals surface area contributed by atoms with Crippen molar-refractivity contribution in [2.45, 2.75) is 29.9 Å². The van der Waals surface area contributed by atoms with E-state index in [0.29, 0.717) is 10.6 Å². The normalized spacial score (nSPS) is 28.6. The molecule has 2 aromatic rings. The Labute approximate surface area is 235 Å². The van der Waals surface area contributed by atoms with Crippen molar-refractivity contribution >= 4 is 78.6 Å². The Morgan fingerprint density at radius 2 is 1.56 bits per heavy atom. The van der Waals surface area contributed by atoms with Gasteiger partial charge in [-0.05, 0) is 67.5 Å². The van der Waals surface area contributed by atoms with E-state index in [2.05, 4.69) is 31.9 Å². The van der Waals surface area contributed by atoms with E-state index in [-0.39, 0.29) is 32.1 Å². The molecule has 2 aliphatic carbocycles. The molecule has 0 N–H and O–H groups in total. The number of benzene rings is 2. The summed E-state index contributed by atoms with van der Waals surface area (Å²) in [5.74, 6) is -3.14. The van der Waals surface area contributed by atoms with Gasteiger partial charge in [-0.2, -0.15) is 5.01 Å². The van der Waals surface area contributed by atoms with Crippen molar-refractivity contribution in [1.29, 1.82) is 0 Å². The molecule has 2 aromatic carbocycles. The molecule has 3 aliphatic rings. The van der Waals surface area contributed by atoms with Crippen molar-refractivity contribution in [3.63, 3.8) is 0 Å². The number of rotatable bonds is 5. The molecular formula is C26H22Br2Cl2N2O4. The molecule has 0 radical (unpaired) electrons. The van der Waals surface area contributed by atoms with Crippen molar-refractivity contribution in [2.75, 3.05) is 6.54 Å². The molecule has 6 atom stereocenters. The van der Waals surface area contributed by atoms with Crippen LogP contribution in [0.2, 0.25) is 10.0 Å². The maximum absolute atomic E-state index is 13.8. The average molecular weight is 657 g/mol. The number of nitrogens with zero attached hydrogens (tertiary/aromatic N) is 2. The Balaban J connectivity index is 1.53. The molecule has 1 heterocycles. The van der Waals surface area contributed by atoms with E-state index in [0.717, 1.165) is 27.6 Å². The van der Waals surface area contributed by atoms with Crippen LogP contribution in [0.4, 0.5) is 0 Å². The monoisotopic (exact) mass is 654 g/mol. The maximum atomic E-state index is 13.8. The summed E-state index contributed by atoms with van der Waals surface area (Å²) in [6, 6.07) is 9.58. The van der Waals surface area contributed by atoms with Gasteiger partial charge in [-0.25, -0.2) is 5.01 Å². The number of hydrogen-bond donors (Lipinski definition) is 0. The number of carbonyl (C=O) groups is 4. The lowest BCUT2D eigenvalue weighted by Crippen LogP contribution is -2.52. The summed E-state index contributed by atoms with van der Waals surface area (Å²) in [6.45, 7) is 3.34. The van der Waals surface area contributed by atoms with E-state index in [1.807, 2.05) is 19.9 Å². The predicted octanol–water partition coefficient (Wildman–Crippen LogP) is 5.63. The SMILES string of the molecule is Cc1ccc(C(=O)CN(C(=O)c2ccc(Cl)cc2Cl)N2C(=O)[C@@H]3[C@H]4C[C@@H]([C@H](Br)[C@H]4Br)[C@H]3C2=O)cc1C. The Kier molecular flexibility index (Phi) is 6.86. The first-order chi connectivity index (χ1) is 17.0. The molecule has 5 rings (SSSR count). The molecule has 3 fully saturated rings. The molecule has 3 amide bonds. The maximum Gasteiger partial charge on any atom is 0.274 e. The molecule has 0 aromatic heterocycles. The molecule has 188 valence electrons. The second-order valence-electron chi connectivity index (χ2n) is 9.70. The highest BCUT2D eigenvalue weighted by Crippen LogP contribution is 2.60. The summed E-state index contributed by atoms with van der Waals surface area (Å²) in [7, 11) is 0. The number of fused-ring (bicyclic) bond motifs is 5. The average Bonchev–Trinajstić information content (AvgIpc) is 3.44. The van der Waals surface area contributed by atoms with Crippen LogP contribution in [-0.2, 0) is 9.59 Å². The number of hydrazine groups is 1. The van der Waals surface area contributed by atoms with Crippen molar-refractivity contribution in [1.82, 2.24) is 10.0 Å². The number of halogens is 4. The van der Waals surface area contributed by atoms with Gasteiger partial charge in [0.25, 0.3) is 17.7 Å². The van der Waals surface area contributed by atoms with E-state index in [1.54, 1.807) is 12.1 Å². The number of aryl methyl sites for hydroxylation is 2. The van der Waals surface area contributed by atoms with Gasteiger partial charge in [0, 0.05) is 20.2 Å². The third-order valence-corrected chi connectivity index (χ3v) is 11.5. The molecule has 36 heavy (non-hydrogen) atoms. The minimum absolute atomic E-state index is 0.0302. The minimum atomic E-state index is -0.714. The lowest BCUT2D eigenvalue weighted by molar-refractivity contribution is -0.154. The Morgan fingerprint density at radius 1 is 0.944 bits per heavy atom. The second kappa shape index (κ2) is 9.53. The summed E-state index contributed by atoms with van der Waals surface area (Å²) >= 11 is 19.7. The number of Topliss-reactive ketones (excluding diaryl/α,β-unsaturated/α-hetero) is 1. The summed E-state index contributed by atoms with van der Waals surface area (Å²) in [5.41, 5.74) is 2.38. The number of alkyl halides is 2. The highest BCUT2D eigenvalue weighted by molar-refractivity contribution is 9.12. The number of hydrogen-bond acceptors (Lipinski definition) is 4. The quantitative estimate of drug-likeness (QED) is 0.238. The van der Waals surface area contributed by atoms with Crippen LogP contribution in [0.3, 0.4) is 0 Å². The molecule has 1 saturated heterocycles.